The fraction of sp³-hybridized carbons (Fsp3) is 0.182. The van der Waals surface area contributed by atoms with Gasteiger partial charge in [-0.2, -0.15) is 0 Å². The molecule has 2 rings (SSSR count). The zero-order chi connectivity index (χ0) is 10.8. The molecule has 1 heterocycles. The lowest BCUT2D eigenvalue weighted by molar-refractivity contribution is 0.112. The summed E-state index contributed by atoms with van der Waals surface area (Å²) in [6.45, 7) is 0. The maximum atomic E-state index is 10.9. The second kappa shape index (κ2) is 3.65. The zero-order valence-corrected chi connectivity index (χ0v) is 8.44. The molecule has 0 saturated carbocycles. The van der Waals surface area contributed by atoms with Crippen LogP contribution in [0.2, 0.25) is 0 Å². The Hall–Kier alpha value is -1.97. The minimum Gasteiger partial charge on any atom is -0.492 e. The van der Waals surface area contributed by atoms with Crippen LogP contribution in [-0.2, 0) is 0 Å². The molecular weight excluding hydrogens is 196 g/mol. The maximum absolute atomic E-state index is 10.9. The van der Waals surface area contributed by atoms with Crippen LogP contribution < -0.4 is 9.47 Å². The van der Waals surface area contributed by atoms with Gasteiger partial charge in [-0.15, -0.1) is 0 Å². The van der Waals surface area contributed by atoms with Crippen LogP contribution in [0.5, 0.6) is 11.5 Å². The predicted octanol–water partition coefficient (Wildman–Crippen LogP) is 2.26. The van der Waals surface area contributed by atoms with Crippen LogP contribution in [0.1, 0.15) is 10.4 Å². The number of rotatable bonds is 3. The molecule has 0 aliphatic heterocycles. The lowest BCUT2D eigenvalue weighted by Crippen LogP contribution is -1.95. The number of methoxy groups -OCH3 is 2. The van der Waals surface area contributed by atoms with Gasteiger partial charge < -0.3 is 13.9 Å². The van der Waals surface area contributed by atoms with Crippen molar-refractivity contribution in [3.63, 3.8) is 0 Å². The molecule has 0 fully saturated rings. The van der Waals surface area contributed by atoms with Crippen molar-refractivity contribution in [3.05, 3.63) is 24.0 Å². The lowest BCUT2D eigenvalue weighted by Gasteiger charge is -2.09. The van der Waals surface area contributed by atoms with Crippen LogP contribution in [0.15, 0.2) is 22.8 Å². The molecule has 78 valence electrons. The van der Waals surface area contributed by atoms with Crippen LogP contribution >= 0.6 is 0 Å². The standard InChI is InChI=1S/C11H10O4/c1-13-9-8(6-12)5-7-3-4-15-10(7)11(9)14-2/h3-6H,1-2H3. The van der Waals surface area contributed by atoms with Crippen LogP contribution in [0.3, 0.4) is 0 Å². The number of benzene rings is 1. The molecule has 0 bridgehead atoms. The topological polar surface area (TPSA) is 48.7 Å². The van der Waals surface area contributed by atoms with Gasteiger partial charge in [0.1, 0.15) is 0 Å². The van der Waals surface area contributed by atoms with Crippen molar-refractivity contribution in [2.45, 2.75) is 0 Å². The van der Waals surface area contributed by atoms with E-state index in [0.29, 0.717) is 22.6 Å². The Labute approximate surface area is 86.4 Å². The first-order valence-electron chi connectivity index (χ1n) is 4.39. The Morgan fingerprint density at radius 3 is 2.60 bits per heavy atom. The molecule has 0 spiro atoms. The summed E-state index contributed by atoms with van der Waals surface area (Å²) < 4.78 is 15.6. The quantitative estimate of drug-likeness (QED) is 0.723. The van der Waals surface area contributed by atoms with Crippen molar-refractivity contribution in [2.75, 3.05) is 14.2 Å². The Bertz CT molecular complexity index is 499. The molecule has 0 atom stereocenters. The number of ether oxygens (including phenoxy) is 2. The Kier molecular flexibility index (Phi) is 2.33. The molecule has 1 aromatic carbocycles. The highest BCUT2D eigenvalue weighted by Gasteiger charge is 2.16. The van der Waals surface area contributed by atoms with Gasteiger partial charge in [-0.1, -0.05) is 0 Å². The summed E-state index contributed by atoms with van der Waals surface area (Å²) in [5.41, 5.74) is 1.03. The molecule has 4 heteroatoms. The molecule has 4 nitrogen and oxygen atoms in total. The van der Waals surface area contributed by atoms with Crippen molar-refractivity contribution in [1.82, 2.24) is 0 Å². The maximum Gasteiger partial charge on any atom is 0.205 e. The third-order valence-corrected chi connectivity index (χ3v) is 2.22. The van der Waals surface area contributed by atoms with Crippen molar-refractivity contribution in [2.24, 2.45) is 0 Å². The Morgan fingerprint density at radius 2 is 2.00 bits per heavy atom. The third kappa shape index (κ3) is 1.34. The molecule has 15 heavy (non-hydrogen) atoms. The van der Waals surface area contributed by atoms with E-state index in [0.717, 1.165) is 11.7 Å². The fourth-order valence-electron chi connectivity index (χ4n) is 1.57. The second-order valence-corrected chi connectivity index (χ2v) is 2.99. The fourth-order valence-corrected chi connectivity index (χ4v) is 1.57. The summed E-state index contributed by atoms with van der Waals surface area (Å²) >= 11 is 0. The molecule has 0 N–H and O–H groups in total. The first-order chi connectivity index (χ1) is 7.31. The van der Waals surface area contributed by atoms with E-state index >= 15 is 0 Å². The highest BCUT2D eigenvalue weighted by Crippen LogP contribution is 2.38. The Balaban J connectivity index is 2.84. The highest BCUT2D eigenvalue weighted by atomic mass is 16.5. The normalized spacial score (nSPS) is 10.3. The zero-order valence-electron chi connectivity index (χ0n) is 8.44. The summed E-state index contributed by atoms with van der Waals surface area (Å²) in [4.78, 5) is 10.9. The summed E-state index contributed by atoms with van der Waals surface area (Å²) in [6, 6.07) is 3.47. The van der Waals surface area contributed by atoms with Crippen LogP contribution in [-0.4, -0.2) is 20.5 Å². The van der Waals surface area contributed by atoms with E-state index < -0.39 is 0 Å². The number of fused-ring (bicyclic) bond motifs is 1. The van der Waals surface area contributed by atoms with Crippen molar-refractivity contribution in [1.29, 1.82) is 0 Å². The first-order valence-corrected chi connectivity index (χ1v) is 4.39. The largest absolute Gasteiger partial charge is 0.492 e. The van der Waals surface area contributed by atoms with Gasteiger partial charge in [0, 0.05) is 5.39 Å². The molecule has 0 amide bonds. The lowest BCUT2D eigenvalue weighted by atomic mass is 10.1. The highest BCUT2D eigenvalue weighted by molar-refractivity contribution is 5.94. The summed E-state index contributed by atoms with van der Waals surface area (Å²) in [5.74, 6) is 0.844. The molecule has 1 aromatic heterocycles. The van der Waals surface area contributed by atoms with E-state index in [-0.39, 0.29) is 0 Å². The van der Waals surface area contributed by atoms with Crippen LogP contribution in [0.4, 0.5) is 0 Å². The van der Waals surface area contributed by atoms with E-state index in [9.17, 15) is 4.79 Å². The average Bonchev–Trinajstić information content (AvgIpc) is 2.73. The summed E-state index contributed by atoms with van der Waals surface area (Å²) in [5, 5.41) is 0.815. The van der Waals surface area contributed by atoms with E-state index in [1.165, 1.54) is 14.2 Å². The van der Waals surface area contributed by atoms with Gasteiger partial charge in [0.15, 0.2) is 17.6 Å². The SMILES string of the molecule is COc1c(C=O)cc2ccoc2c1OC. The number of aldehydes is 1. The minimum atomic E-state index is 0.398. The second-order valence-electron chi connectivity index (χ2n) is 2.99. The van der Waals surface area contributed by atoms with E-state index in [2.05, 4.69) is 0 Å². The van der Waals surface area contributed by atoms with Crippen LogP contribution in [0, 0.1) is 0 Å². The van der Waals surface area contributed by atoms with E-state index in [4.69, 9.17) is 13.9 Å². The molecular formula is C11H10O4. The van der Waals surface area contributed by atoms with Crippen molar-refractivity contribution in [3.8, 4) is 11.5 Å². The van der Waals surface area contributed by atoms with Crippen molar-refractivity contribution < 1.29 is 18.7 Å². The molecule has 0 radical (unpaired) electrons. The van der Waals surface area contributed by atoms with Gasteiger partial charge >= 0.3 is 0 Å². The molecule has 0 unspecified atom stereocenters. The minimum absolute atomic E-state index is 0.398. The van der Waals surface area contributed by atoms with Gasteiger partial charge in [0.25, 0.3) is 0 Å². The summed E-state index contributed by atoms with van der Waals surface area (Å²) in [7, 11) is 2.99. The number of carbonyl (C=O) groups is 1. The number of hydrogen-bond acceptors (Lipinski definition) is 4. The van der Waals surface area contributed by atoms with Gasteiger partial charge in [-0.25, -0.2) is 0 Å². The monoisotopic (exact) mass is 206 g/mol. The summed E-state index contributed by atoms with van der Waals surface area (Å²) in [6.07, 6.45) is 2.27. The molecule has 0 aliphatic rings. The first kappa shape index (κ1) is 9.58. The van der Waals surface area contributed by atoms with Gasteiger partial charge in [0.05, 0.1) is 26.0 Å². The molecule has 0 saturated heterocycles. The molecule has 0 aliphatic carbocycles. The van der Waals surface area contributed by atoms with Gasteiger partial charge in [-0.05, 0) is 12.1 Å². The van der Waals surface area contributed by atoms with E-state index in [1.807, 2.05) is 0 Å². The number of hydrogen-bond donors (Lipinski definition) is 0. The molecule has 2 aromatic rings. The Morgan fingerprint density at radius 1 is 1.27 bits per heavy atom. The van der Waals surface area contributed by atoms with Crippen LogP contribution in [0.25, 0.3) is 11.0 Å². The van der Waals surface area contributed by atoms with Crippen molar-refractivity contribution >= 4 is 17.3 Å². The average molecular weight is 206 g/mol. The van der Waals surface area contributed by atoms with Gasteiger partial charge in [0.2, 0.25) is 5.75 Å². The third-order valence-electron chi connectivity index (χ3n) is 2.22. The van der Waals surface area contributed by atoms with Gasteiger partial charge in [-0.3, -0.25) is 4.79 Å². The predicted molar refractivity (Wildman–Crippen MR) is 54.7 cm³/mol. The smallest absolute Gasteiger partial charge is 0.205 e. The number of carbonyl (C=O) groups excluding carboxylic acids is 1. The van der Waals surface area contributed by atoms with E-state index in [1.54, 1.807) is 18.4 Å². The number of furan rings is 1.